The number of ether oxygens (including phenoxy) is 9. The molecule has 0 radical (unpaired) electrons. The van der Waals surface area contributed by atoms with Crippen LogP contribution in [0.15, 0.2) is 11.6 Å². The summed E-state index contributed by atoms with van der Waals surface area (Å²) in [6.45, 7) is 8.96. The van der Waals surface area contributed by atoms with Crippen LogP contribution >= 0.6 is 0 Å². The van der Waals surface area contributed by atoms with Crippen LogP contribution in [0.4, 0.5) is 0 Å². The molecule has 24 heteroatoms. The lowest BCUT2D eigenvalue weighted by Crippen LogP contribution is -2.66. The number of carbonyl (C=O) groups excluding carboxylic acids is 2. The highest BCUT2D eigenvalue weighted by atomic mass is 16.8. The molecular formula is C51H82O24. The molecule has 0 aromatic carbocycles. The second-order valence-corrected chi connectivity index (χ2v) is 23.3. The summed E-state index contributed by atoms with van der Waals surface area (Å²) in [6.07, 6.45) is -26.6. The highest BCUT2D eigenvalue weighted by Gasteiger charge is 2.64. The van der Waals surface area contributed by atoms with Crippen molar-refractivity contribution in [2.24, 2.45) is 40.4 Å². The molecule has 4 saturated heterocycles. The minimum Gasteiger partial charge on any atom is -0.460 e. The Morgan fingerprint density at radius 1 is 0.680 bits per heavy atom. The summed E-state index contributed by atoms with van der Waals surface area (Å²) in [7, 11) is 0. The van der Waals surface area contributed by atoms with Crippen LogP contribution in [0.25, 0.3) is 0 Å². The first-order valence-electron chi connectivity index (χ1n) is 26.7. The van der Waals surface area contributed by atoms with Gasteiger partial charge in [-0.3, -0.25) is 4.79 Å². The molecule has 430 valence electrons. The second kappa shape index (κ2) is 23.6. The Hall–Kier alpha value is -1.96. The van der Waals surface area contributed by atoms with E-state index in [1.54, 1.807) is 6.92 Å². The van der Waals surface area contributed by atoms with Gasteiger partial charge in [-0.25, -0.2) is 4.79 Å². The summed E-state index contributed by atoms with van der Waals surface area (Å²) in [4.78, 5) is 27.1. The Morgan fingerprint density at radius 3 is 1.85 bits per heavy atom. The summed E-state index contributed by atoms with van der Waals surface area (Å²) in [5.74, 6) is -1.77. The quantitative estimate of drug-likeness (QED) is 0.0534. The number of allylic oxidation sites excluding steroid dienone is 1. The lowest BCUT2D eigenvalue weighted by atomic mass is 9.47. The van der Waals surface area contributed by atoms with Crippen LogP contribution < -0.4 is 0 Å². The number of Topliss-reactive ketones (excluding diaryl/α,β-unsaturated/α-hetero) is 1. The monoisotopic (exact) mass is 1080 g/mol. The Balaban J connectivity index is 0.932. The lowest BCUT2D eigenvalue weighted by Gasteiger charge is -2.58. The highest BCUT2D eigenvalue weighted by Crippen LogP contribution is 2.67. The third-order valence-corrected chi connectivity index (χ3v) is 18.4. The predicted molar refractivity (Wildman–Crippen MR) is 252 cm³/mol. The van der Waals surface area contributed by atoms with Crippen LogP contribution in [-0.4, -0.2) is 239 Å². The largest absolute Gasteiger partial charge is 0.460 e. The van der Waals surface area contributed by atoms with Crippen LogP contribution in [-0.2, 0) is 52.2 Å². The van der Waals surface area contributed by atoms with Gasteiger partial charge in [0, 0.05) is 0 Å². The van der Waals surface area contributed by atoms with E-state index in [-0.39, 0.29) is 42.0 Å². The van der Waals surface area contributed by atoms with Gasteiger partial charge < -0.3 is 109 Å². The predicted octanol–water partition coefficient (Wildman–Crippen LogP) is -3.23. The van der Waals surface area contributed by atoms with Gasteiger partial charge in [-0.05, 0) is 107 Å². The molecule has 0 aromatic rings. The third-order valence-electron chi connectivity index (χ3n) is 18.4. The Kier molecular flexibility index (Phi) is 18.6. The first-order chi connectivity index (χ1) is 35.3. The van der Waals surface area contributed by atoms with Crippen molar-refractivity contribution < 1.29 is 119 Å². The molecular weight excluding hydrogens is 997 g/mol. The van der Waals surface area contributed by atoms with Gasteiger partial charge in [0.1, 0.15) is 97.3 Å². The van der Waals surface area contributed by atoms with Gasteiger partial charge in [0.05, 0.1) is 44.1 Å². The van der Waals surface area contributed by atoms with E-state index >= 15 is 0 Å². The van der Waals surface area contributed by atoms with Crippen molar-refractivity contribution >= 4 is 11.8 Å². The molecule has 0 spiro atoms. The van der Waals surface area contributed by atoms with Crippen molar-refractivity contribution in [1.82, 2.24) is 0 Å². The van der Waals surface area contributed by atoms with Gasteiger partial charge >= 0.3 is 5.97 Å². The zero-order chi connectivity index (χ0) is 54.7. The maximum Gasteiger partial charge on any atom is 0.335 e. The number of esters is 1. The van der Waals surface area contributed by atoms with Gasteiger partial charge in [-0.15, -0.1) is 0 Å². The number of carbonyl (C=O) groups is 2. The van der Waals surface area contributed by atoms with Gasteiger partial charge in [0.15, 0.2) is 31.3 Å². The van der Waals surface area contributed by atoms with Gasteiger partial charge in [0.2, 0.25) is 0 Å². The van der Waals surface area contributed by atoms with Crippen molar-refractivity contribution in [3.05, 3.63) is 11.6 Å². The van der Waals surface area contributed by atoms with Crippen molar-refractivity contribution in [3.63, 3.8) is 0 Å². The first-order valence-corrected chi connectivity index (χ1v) is 26.7. The van der Waals surface area contributed by atoms with Crippen LogP contribution in [0.5, 0.6) is 0 Å². The van der Waals surface area contributed by atoms with Crippen LogP contribution in [0.2, 0.25) is 0 Å². The molecule has 75 heavy (non-hydrogen) atoms. The molecule has 30 atom stereocenters. The standard InChI is InChI=1S/C51H82O24/c1-19(18-67-46-39(62)38(61)35(58)30(16-52)72-46)13-28(55)45(66)71-29-15-27-25-8-7-23-14-24(9-11-50(23,5)26(25)10-12-51(27,6)32(29)20(2)54)70-49-44(75-48-41(64)37(60)34(57)22(4)69-48)42(65)43(31(17-53)73-49)74-47-40(63)36(59)33(56)21(3)68-47/h7,19,21-22,24-44,46-49,52-53,55-65H,8-18H2,1-6H3/t19-,21+,22+,24+,25-,26+,27+,28?,29+,30-,31-,32+,33+,34+,35-,36-,37-,38+,39-,40-,41-,42+,43-,44-,46-,47+,48+,49-,50+,51+/m1/s1. The van der Waals surface area contributed by atoms with Crippen LogP contribution in [0.3, 0.4) is 0 Å². The molecule has 1 unspecified atom stereocenters. The van der Waals surface area contributed by atoms with E-state index < -0.39 is 178 Å². The lowest BCUT2D eigenvalue weighted by molar-refractivity contribution is -0.388. The average Bonchev–Trinajstić information content (AvgIpc) is 3.68. The van der Waals surface area contributed by atoms with E-state index in [0.717, 1.165) is 12.0 Å². The topological polar surface area (TPSA) is 380 Å². The second-order valence-electron chi connectivity index (χ2n) is 23.3. The summed E-state index contributed by atoms with van der Waals surface area (Å²) in [6, 6.07) is 0. The molecule has 0 aromatic heterocycles. The van der Waals surface area contributed by atoms with Gasteiger partial charge in [-0.2, -0.15) is 0 Å². The third kappa shape index (κ3) is 11.4. The molecule has 3 saturated carbocycles. The Bertz CT molecular complexity index is 1980. The Morgan fingerprint density at radius 2 is 1.25 bits per heavy atom. The maximum atomic E-state index is 13.6. The molecule has 0 bridgehead atoms. The minimum atomic E-state index is -1.79. The molecule has 13 N–H and O–H groups in total. The fourth-order valence-electron chi connectivity index (χ4n) is 14.0. The van der Waals surface area contributed by atoms with Crippen LogP contribution in [0.1, 0.15) is 92.9 Å². The smallest absolute Gasteiger partial charge is 0.335 e. The molecule has 4 aliphatic carbocycles. The van der Waals surface area contributed by atoms with E-state index in [9.17, 15) is 76.0 Å². The molecule has 24 nitrogen and oxygen atoms in total. The SMILES string of the molecule is CC(=O)[C@H]1[C@@H](OC(=O)C(O)C[C@@H](C)CO[C@@H]2O[C@H](CO)[C@@H](O)[C@H](O)[C@H]2O)C[C@H]2[C@@H]3CC=C4C[C@@H](O[C@@H]5O[C@H](CO)[C@@H](O[C@@H]6O[C@@H](C)[C@H](O)[C@@H](O)[C@H]6O)[C@H](O)[C@H]5O[C@@H]5O[C@@H](C)[C@H](O)[C@@H](O)[C@H]5O)CC[C@]4(C)[C@H]3CC[C@@]21C. The summed E-state index contributed by atoms with van der Waals surface area (Å²) < 4.78 is 53.5. The molecule has 0 amide bonds. The first kappa shape index (κ1) is 59.2. The molecule has 7 fully saturated rings. The minimum absolute atomic E-state index is 0.00784. The average molecular weight is 1080 g/mol. The summed E-state index contributed by atoms with van der Waals surface area (Å²) in [5.41, 5.74) is 0.343. The van der Waals surface area contributed by atoms with Crippen molar-refractivity contribution in [1.29, 1.82) is 0 Å². The molecule has 4 heterocycles. The number of fused-ring (bicyclic) bond motifs is 5. The van der Waals surface area contributed by atoms with Crippen LogP contribution in [0, 0.1) is 40.4 Å². The Labute approximate surface area is 435 Å². The van der Waals surface area contributed by atoms with E-state index in [1.165, 1.54) is 20.8 Å². The van der Waals surface area contributed by atoms with Crippen molar-refractivity contribution in [2.45, 2.75) is 234 Å². The zero-order valence-electron chi connectivity index (χ0n) is 43.3. The number of rotatable bonds is 16. The van der Waals surface area contributed by atoms with Crippen molar-refractivity contribution in [2.75, 3.05) is 19.8 Å². The highest BCUT2D eigenvalue weighted by molar-refractivity contribution is 5.81. The maximum absolute atomic E-state index is 13.6. The zero-order valence-corrected chi connectivity index (χ0v) is 43.3. The van der Waals surface area contributed by atoms with E-state index in [0.29, 0.717) is 38.5 Å². The van der Waals surface area contributed by atoms with Gasteiger partial charge in [-0.1, -0.05) is 32.4 Å². The number of aliphatic hydroxyl groups is 13. The number of hydrogen-bond donors (Lipinski definition) is 13. The molecule has 8 rings (SSSR count). The summed E-state index contributed by atoms with van der Waals surface area (Å²) >= 11 is 0. The fourth-order valence-corrected chi connectivity index (χ4v) is 14.0. The molecule has 8 aliphatic rings. The van der Waals surface area contributed by atoms with Gasteiger partial charge in [0.25, 0.3) is 0 Å². The van der Waals surface area contributed by atoms with E-state index in [2.05, 4.69) is 19.9 Å². The number of hydrogen-bond acceptors (Lipinski definition) is 24. The molecule has 4 aliphatic heterocycles. The number of aliphatic hydroxyl groups excluding tert-OH is 13. The summed E-state index contributed by atoms with van der Waals surface area (Å²) in [5, 5.41) is 137. The van der Waals surface area contributed by atoms with Crippen molar-refractivity contribution in [3.8, 4) is 0 Å². The van der Waals surface area contributed by atoms with E-state index in [1.807, 2.05) is 0 Å². The number of ketones is 1. The van der Waals surface area contributed by atoms with E-state index in [4.69, 9.17) is 42.6 Å². The fraction of sp³-hybridized carbons (Fsp3) is 0.922. The normalized spacial score (nSPS) is 50.9.